The summed E-state index contributed by atoms with van der Waals surface area (Å²) in [6.45, 7) is 0. The summed E-state index contributed by atoms with van der Waals surface area (Å²) < 4.78 is 0. The van der Waals surface area contributed by atoms with Gasteiger partial charge in [-0.3, -0.25) is 0 Å². The molecule has 0 saturated heterocycles. The van der Waals surface area contributed by atoms with Gasteiger partial charge in [-0.1, -0.05) is 133 Å². The first-order valence-electron chi connectivity index (χ1n) is 17.5. The van der Waals surface area contributed by atoms with Crippen LogP contribution in [-0.4, -0.2) is 0 Å². The number of anilines is 6. The Morgan fingerprint density at radius 2 is 0.596 bits per heavy atom. The largest absolute Gasteiger partial charge is 0.301 e. The smallest absolute Gasteiger partial charge is 0.101 e. The lowest BCUT2D eigenvalue weighted by Crippen LogP contribution is -2.09. The van der Waals surface area contributed by atoms with Crippen LogP contribution in [0.3, 0.4) is 0 Å². The van der Waals surface area contributed by atoms with Gasteiger partial charge in [-0.25, -0.2) is 0 Å². The molecule has 0 radical (unpaired) electrons. The number of benzene rings is 8. The highest BCUT2D eigenvalue weighted by atomic mass is 32.1. The Labute approximate surface area is 310 Å². The Kier molecular flexibility index (Phi) is 7.56. The van der Waals surface area contributed by atoms with E-state index >= 15 is 0 Å². The average molecular weight is 701 g/mol. The van der Waals surface area contributed by atoms with E-state index in [0.717, 1.165) is 11.4 Å². The van der Waals surface area contributed by atoms with Gasteiger partial charge >= 0.3 is 0 Å². The topological polar surface area (TPSA) is 6.48 Å². The van der Waals surface area contributed by atoms with Crippen LogP contribution >= 0.6 is 22.7 Å². The zero-order valence-electron chi connectivity index (χ0n) is 28.2. The molecule has 0 saturated carbocycles. The molecular formula is C48H32N2S2. The summed E-state index contributed by atoms with van der Waals surface area (Å²) in [7, 11) is 0. The number of hydrogen-bond acceptors (Lipinski definition) is 4. The normalized spacial score (nSPS) is 11.5. The first kappa shape index (κ1) is 30.6. The van der Waals surface area contributed by atoms with Crippen LogP contribution in [0.2, 0.25) is 0 Å². The highest BCUT2D eigenvalue weighted by Gasteiger charge is 2.23. The van der Waals surface area contributed by atoms with Crippen molar-refractivity contribution in [2.24, 2.45) is 0 Å². The van der Waals surface area contributed by atoms with Crippen molar-refractivity contribution in [1.82, 2.24) is 0 Å². The molecule has 2 nitrogen and oxygen atoms in total. The minimum Gasteiger partial charge on any atom is -0.301 e. The van der Waals surface area contributed by atoms with Gasteiger partial charge in [0.1, 0.15) is 10.0 Å². The Bertz CT molecular complexity index is 2560. The molecule has 246 valence electrons. The molecule has 2 heterocycles. The summed E-state index contributed by atoms with van der Waals surface area (Å²) in [5.41, 5.74) is 4.70. The number of fused-ring (bicyclic) bond motifs is 4. The molecule has 52 heavy (non-hydrogen) atoms. The van der Waals surface area contributed by atoms with E-state index in [1.54, 1.807) is 0 Å². The Morgan fingerprint density at radius 3 is 0.942 bits per heavy atom. The molecule has 0 unspecified atom stereocenters. The van der Waals surface area contributed by atoms with Crippen LogP contribution in [0.5, 0.6) is 0 Å². The molecule has 0 amide bonds. The number of thiophene rings is 2. The van der Waals surface area contributed by atoms with Crippen molar-refractivity contribution in [1.29, 1.82) is 0 Å². The second-order valence-electron chi connectivity index (χ2n) is 13.0. The van der Waals surface area contributed by atoms with Crippen LogP contribution in [0.15, 0.2) is 194 Å². The van der Waals surface area contributed by atoms with E-state index in [4.69, 9.17) is 0 Å². The number of nitrogens with zero attached hydrogens (tertiary/aromatic N) is 2. The minimum absolute atomic E-state index is 1.14. The summed E-state index contributed by atoms with van der Waals surface area (Å²) in [4.78, 5) is 7.39. The van der Waals surface area contributed by atoms with Crippen molar-refractivity contribution in [3.63, 3.8) is 0 Å². The maximum absolute atomic E-state index is 2.45. The van der Waals surface area contributed by atoms with Crippen LogP contribution in [0.4, 0.5) is 32.8 Å². The van der Waals surface area contributed by atoms with Crippen molar-refractivity contribution >= 4 is 98.5 Å². The third kappa shape index (κ3) is 5.24. The van der Waals surface area contributed by atoms with Gasteiger partial charge in [0, 0.05) is 42.7 Å². The minimum atomic E-state index is 1.14. The average Bonchev–Trinajstić information content (AvgIpc) is 3.89. The maximum Gasteiger partial charge on any atom is 0.101 e. The number of rotatable bonds is 7. The molecule has 10 rings (SSSR count). The molecule has 4 heteroatoms. The Morgan fingerprint density at radius 1 is 0.288 bits per heavy atom. The quantitative estimate of drug-likeness (QED) is 0.153. The lowest BCUT2D eigenvalue weighted by Gasteiger charge is -2.27. The van der Waals surface area contributed by atoms with E-state index in [0.29, 0.717) is 0 Å². The van der Waals surface area contributed by atoms with Crippen molar-refractivity contribution in [3.05, 3.63) is 194 Å². The Hall–Kier alpha value is -6.20. The monoisotopic (exact) mass is 700 g/mol. The van der Waals surface area contributed by atoms with Gasteiger partial charge in [-0.15, -0.1) is 22.7 Å². The molecule has 10 aromatic rings. The van der Waals surface area contributed by atoms with Crippen molar-refractivity contribution in [3.8, 4) is 9.75 Å². The molecule has 0 aliphatic heterocycles. The standard InChI is InChI=1S/C48H32N2S2/c1-3-19-37(20-4-1)49(47-39-23-11-7-15-33(39)31-34-16-8-12-24-40(34)47)45-29-27-43(51-45)44-28-30-46(52-44)50(38-21-5-2-6-22-38)48-41-25-13-9-17-35(41)32-36-18-10-14-26-42(36)48/h1-32H. The van der Waals surface area contributed by atoms with Crippen molar-refractivity contribution in [2.45, 2.75) is 0 Å². The van der Waals surface area contributed by atoms with Crippen molar-refractivity contribution < 1.29 is 0 Å². The van der Waals surface area contributed by atoms with Gasteiger partial charge in [0.25, 0.3) is 0 Å². The second-order valence-corrected chi connectivity index (χ2v) is 15.1. The van der Waals surface area contributed by atoms with Gasteiger partial charge in [0.2, 0.25) is 0 Å². The summed E-state index contributed by atoms with van der Waals surface area (Å²) in [6, 6.07) is 70.3. The predicted molar refractivity (Wildman–Crippen MR) is 227 cm³/mol. The van der Waals surface area contributed by atoms with E-state index in [1.165, 1.54) is 74.2 Å². The molecular weight excluding hydrogens is 669 g/mol. The first-order chi connectivity index (χ1) is 25.8. The lowest BCUT2D eigenvalue weighted by atomic mass is 9.99. The SMILES string of the molecule is c1ccc(N(c2ccc(-c3ccc(N(c4ccccc4)c4c5ccccc5cc5ccccc45)s3)s2)c2c3ccccc3cc3ccccc23)cc1. The van der Waals surface area contributed by atoms with E-state index in [2.05, 4.69) is 204 Å². The predicted octanol–water partition coefficient (Wildman–Crippen LogP) is 15.0. The van der Waals surface area contributed by atoms with Crippen molar-refractivity contribution in [2.75, 3.05) is 9.80 Å². The van der Waals surface area contributed by atoms with Gasteiger partial charge in [-0.05, 0) is 82.2 Å². The van der Waals surface area contributed by atoms with Gasteiger partial charge in [0.15, 0.2) is 0 Å². The third-order valence-corrected chi connectivity index (χ3v) is 12.2. The summed E-state index contributed by atoms with van der Waals surface area (Å²) in [6.07, 6.45) is 0. The molecule has 0 aliphatic carbocycles. The second kappa shape index (κ2) is 12.8. The van der Waals surface area contributed by atoms with Crippen LogP contribution in [0.1, 0.15) is 0 Å². The summed E-state index contributed by atoms with van der Waals surface area (Å²) >= 11 is 3.68. The molecule has 0 atom stereocenters. The highest BCUT2D eigenvalue weighted by molar-refractivity contribution is 7.26. The van der Waals surface area contributed by atoms with Crippen LogP contribution in [0, 0.1) is 0 Å². The van der Waals surface area contributed by atoms with E-state index in [-0.39, 0.29) is 0 Å². The van der Waals surface area contributed by atoms with Gasteiger partial charge in [-0.2, -0.15) is 0 Å². The molecule has 8 aromatic carbocycles. The van der Waals surface area contributed by atoms with E-state index in [1.807, 2.05) is 22.7 Å². The lowest BCUT2D eigenvalue weighted by molar-refractivity contribution is 1.35. The maximum atomic E-state index is 2.45. The van der Waals surface area contributed by atoms with Crippen LogP contribution < -0.4 is 9.80 Å². The molecule has 0 aliphatic rings. The van der Waals surface area contributed by atoms with E-state index in [9.17, 15) is 0 Å². The number of hydrogen-bond donors (Lipinski definition) is 0. The zero-order chi connectivity index (χ0) is 34.4. The number of para-hydroxylation sites is 2. The van der Waals surface area contributed by atoms with Gasteiger partial charge in [0.05, 0.1) is 11.4 Å². The molecule has 0 spiro atoms. The fourth-order valence-corrected chi connectivity index (χ4v) is 9.67. The summed E-state index contributed by atoms with van der Waals surface area (Å²) in [5.74, 6) is 0. The zero-order valence-corrected chi connectivity index (χ0v) is 29.8. The summed E-state index contributed by atoms with van der Waals surface area (Å²) in [5, 5.41) is 12.2. The van der Waals surface area contributed by atoms with Gasteiger partial charge < -0.3 is 9.80 Å². The first-order valence-corrected chi connectivity index (χ1v) is 19.1. The third-order valence-electron chi connectivity index (χ3n) is 9.83. The fourth-order valence-electron chi connectivity index (χ4n) is 7.51. The Balaban J connectivity index is 1.13. The molecule has 0 fully saturated rings. The fraction of sp³-hybridized carbons (Fsp3) is 0. The highest BCUT2D eigenvalue weighted by Crippen LogP contribution is 2.50. The molecule has 0 N–H and O–H groups in total. The molecule has 0 bridgehead atoms. The van der Waals surface area contributed by atoms with Crippen LogP contribution in [-0.2, 0) is 0 Å². The molecule has 2 aromatic heterocycles. The van der Waals surface area contributed by atoms with E-state index < -0.39 is 0 Å². The van der Waals surface area contributed by atoms with Crippen LogP contribution in [0.25, 0.3) is 52.8 Å².